The zero-order chi connectivity index (χ0) is 18.8. The maximum atomic E-state index is 5.12. The minimum Gasteiger partial charge on any atom is -0.481 e. The van der Waals surface area contributed by atoms with E-state index in [4.69, 9.17) is 4.74 Å². The van der Waals surface area contributed by atoms with E-state index in [2.05, 4.69) is 36.0 Å². The number of nitrogens with one attached hydrogen (secondary N) is 2. The standard InChI is InChI=1S/C16H23N7OS2.U.2H2/c1-5-17-15-22-20-11(3)14(12-7-8-13(24-4)19-9-12)21-23-16(18-6-2)26-10-25-15;;;/h7-9H,5-6,10H2,1-4H3,(H,17,22)(H,18,23);;2*1H/b20-11+,21-14-;;;. The first-order valence-corrected chi connectivity index (χ1v) is 10.1. The van der Waals surface area contributed by atoms with Crippen LogP contribution in [0.5, 0.6) is 5.88 Å². The Morgan fingerprint density at radius 2 is 1.74 bits per heavy atom. The van der Waals surface area contributed by atoms with Crippen LogP contribution in [-0.2, 0) is 0 Å². The maximum Gasteiger partial charge on any atom is 0.212 e. The van der Waals surface area contributed by atoms with Crippen LogP contribution in [0.4, 0.5) is 0 Å². The summed E-state index contributed by atoms with van der Waals surface area (Å²) in [5.41, 5.74) is 8.28. The third kappa shape index (κ3) is 7.86. The molecule has 0 saturated heterocycles. The third-order valence-electron chi connectivity index (χ3n) is 3.14. The average Bonchev–Trinajstić information content (AvgIpc) is 2.69. The number of methoxy groups -OCH3 is 1. The van der Waals surface area contributed by atoms with E-state index in [0.717, 1.165) is 21.0 Å². The summed E-state index contributed by atoms with van der Waals surface area (Å²) in [5, 5.41) is 11.2. The molecule has 0 radical (unpaired) electrons. The zero-order valence-corrected chi connectivity index (χ0v) is 21.6. The molecule has 2 rings (SSSR count). The van der Waals surface area contributed by atoms with Gasteiger partial charge in [0.15, 0.2) is 10.3 Å². The largest absolute Gasteiger partial charge is 0.481 e. The Hall–Kier alpha value is -1.02. The summed E-state index contributed by atoms with van der Waals surface area (Å²) in [5.74, 6) is 0.546. The Bertz CT molecular complexity index is 730. The summed E-state index contributed by atoms with van der Waals surface area (Å²) in [6.07, 6.45) is 1.71. The Morgan fingerprint density at radius 3 is 2.26 bits per heavy atom. The predicted molar refractivity (Wildman–Crippen MR) is 117 cm³/mol. The monoisotopic (exact) mass is 635 g/mol. The van der Waals surface area contributed by atoms with Crippen LogP contribution in [0.25, 0.3) is 0 Å². The fourth-order valence-electron chi connectivity index (χ4n) is 1.94. The Labute approximate surface area is 194 Å². The van der Waals surface area contributed by atoms with E-state index in [1.807, 2.05) is 26.8 Å². The molecule has 8 nitrogen and oxygen atoms in total. The third-order valence-corrected chi connectivity index (χ3v) is 5.07. The number of hydrazone groups is 2. The van der Waals surface area contributed by atoms with Gasteiger partial charge in [0.25, 0.3) is 0 Å². The number of pyridine rings is 1. The van der Waals surface area contributed by atoms with Crippen molar-refractivity contribution in [2.45, 2.75) is 20.8 Å². The quantitative estimate of drug-likeness (QED) is 0.529. The molecule has 1 aliphatic rings. The minimum atomic E-state index is 0. The molecule has 27 heavy (non-hydrogen) atoms. The Balaban J connectivity index is 0. The van der Waals surface area contributed by atoms with Gasteiger partial charge in [0.05, 0.1) is 17.9 Å². The van der Waals surface area contributed by atoms with Crippen LogP contribution < -0.4 is 15.6 Å². The van der Waals surface area contributed by atoms with Gasteiger partial charge in [-0.1, -0.05) is 23.5 Å². The van der Waals surface area contributed by atoms with Gasteiger partial charge in [-0.2, -0.15) is 10.2 Å². The van der Waals surface area contributed by atoms with Gasteiger partial charge in [-0.25, -0.2) is 4.98 Å². The van der Waals surface area contributed by atoms with E-state index in [-0.39, 0.29) is 34.0 Å². The molecule has 0 spiro atoms. The maximum absolute atomic E-state index is 5.12. The van der Waals surface area contributed by atoms with Gasteiger partial charge in [0.2, 0.25) is 5.88 Å². The number of rotatable bonds is 4. The molecule has 0 atom stereocenters. The van der Waals surface area contributed by atoms with Crippen LogP contribution >= 0.6 is 23.5 Å². The SMILES string of the molecule is CCN=C1N/N=C(C)/C(c2ccc(OC)nc2)=N/NC(=NCC)SCS1.[HH].[HH].[U]. The second kappa shape index (κ2) is 13.2. The molecule has 1 aliphatic heterocycles. The summed E-state index contributed by atoms with van der Waals surface area (Å²) in [6, 6.07) is 3.68. The van der Waals surface area contributed by atoms with Crippen molar-refractivity contribution in [3.8, 4) is 5.88 Å². The predicted octanol–water partition coefficient (Wildman–Crippen LogP) is 3.03. The first-order valence-electron chi connectivity index (χ1n) is 8.17. The second-order valence-electron chi connectivity index (χ2n) is 4.94. The van der Waals surface area contributed by atoms with Crippen molar-refractivity contribution < 1.29 is 38.7 Å². The van der Waals surface area contributed by atoms with Crippen molar-refractivity contribution in [2.75, 3.05) is 25.3 Å². The van der Waals surface area contributed by atoms with Crippen molar-refractivity contribution in [2.24, 2.45) is 20.2 Å². The number of ether oxygens (including phenoxy) is 1. The van der Waals surface area contributed by atoms with Crippen LogP contribution in [-0.4, -0.2) is 52.0 Å². The summed E-state index contributed by atoms with van der Waals surface area (Å²) in [6.45, 7) is 7.23. The second-order valence-corrected chi connectivity index (χ2v) is 7.23. The molecule has 11 heteroatoms. The van der Waals surface area contributed by atoms with Gasteiger partial charge >= 0.3 is 0 Å². The van der Waals surface area contributed by atoms with E-state index in [9.17, 15) is 0 Å². The normalized spacial score (nSPS) is 22.2. The van der Waals surface area contributed by atoms with E-state index in [1.54, 1.807) is 42.9 Å². The molecule has 1 aromatic rings. The molecule has 0 saturated carbocycles. The molecular weight excluding hydrogens is 608 g/mol. The van der Waals surface area contributed by atoms with Crippen molar-refractivity contribution in [1.29, 1.82) is 0 Å². The Kier molecular flexibility index (Phi) is 11.8. The van der Waals surface area contributed by atoms with Gasteiger partial charge < -0.3 is 4.74 Å². The fraction of sp³-hybridized carbons (Fsp3) is 0.438. The number of hydrogen-bond donors (Lipinski definition) is 2. The molecule has 148 valence electrons. The summed E-state index contributed by atoms with van der Waals surface area (Å²) >= 11 is 3.16. The van der Waals surface area contributed by atoms with Gasteiger partial charge in [-0.3, -0.25) is 20.8 Å². The van der Waals surface area contributed by atoms with E-state index < -0.39 is 0 Å². The Morgan fingerprint density at radius 1 is 1.11 bits per heavy atom. The summed E-state index contributed by atoms with van der Waals surface area (Å²) < 4.78 is 5.12. The average molecular weight is 636 g/mol. The topological polar surface area (TPSA) is 95.6 Å². The minimum absolute atomic E-state index is 0. The van der Waals surface area contributed by atoms with Crippen molar-refractivity contribution in [1.82, 2.24) is 15.8 Å². The summed E-state index contributed by atoms with van der Waals surface area (Å²) in [7, 11) is 1.58. The van der Waals surface area contributed by atoms with Crippen LogP contribution in [0.15, 0.2) is 38.5 Å². The summed E-state index contributed by atoms with van der Waals surface area (Å²) in [4.78, 5) is 13.1. The number of amidine groups is 2. The number of thioether (sulfide) groups is 2. The first-order chi connectivity index (χ1) is 12.7. The van der Waals surface area contributed by atoms with Gasteiger partial charge in [0, 0.05) is 64.9 Å². The van der Waals surface area contributed by atoms with Gasteiger partial charge in [-0.15, -0.1) is 0 Å². The zero-order valence-electron chi connectivity index (χ0n) is 15.8. The fourth-order valence-corrected chi connectivity index (χ4v) is 3.73. The number of aliphatic imine (C=N–C) groups is 2. The molecule has 2 N–H and O–H groups in total. The molecule has 0 amide bonds. The molecule has 0 bridgehead atoms. The molecular formula is C16H27N7OS2U. The molecule has 1 aromatic heterocycles. The van der Waals surface area contributed by atoms with Crippen LogP contribution in [0.1, 0.15) is 29.2 Å². The van der Waals surface area contributed by atoms with Gasteiger partial charge in [0.1, 0.15) is 5.71 Å². The van der Waals surface area contributed by atoms with E-state index in [0.29, 0.717) is 30.4 Å². The van der Waals surface area contributed by atoms with Crippen LogP contribution in [0, 0.1) is 31.1 Å². The first kappa shape index (κ1) is 24.0. The smallest absolute Gasteiger partial charge is 0.212 e. The molecule has 0 fully saturated rings. The van der Waals surface area contributed by atoms with E-state index in [1.165, 1.54) is 0 Å². The number of nitrogens with zero attached hydrogens (tertiary/aromatic N) is 5. The molecule has 0 aromatic carbocycles. The number of aromatic nitrogens is 1. The number of hydrogen-bond acceptors (Lipinski definition) is 8. The molecule has 2 heterocycles. The van der Waals surface area contributed by atoms with Crippen molar-refractivity contribution in [3.63, 3.8) is 0 Å². The van der Waals surface area contributed by atoms with Crippen molar-refractivity contribution in [3.05, 3.63) is 23.9 Å². The van der Waals surface area contributed by atoms with Gasteiger partial charge in [-0.05, 0) is 26.8 Å². The van der Waals surface area contributed by atoms with Crippen LogP contribution in [0.2, 0.25) is 0 Å². The van der Waals surface area contributed by atoms with Crippen LogP contribution in [0.3, 0.4) is 0 Å². The van der Waals surface area contributed by atoms with Crippen molar-refractivity contribution >= 4 is 45.3 Å². The molecule has 0 unspecified atom stereocenters. The molecule has 0 aliphatic carbocycles. The van der Waals surface area contributed by atoms with E-state index >= 15 is 0 Å².